The summed E-state index contributed by atoms with van der Waals surface area (Å²) < 4.78 is 43.7. The van der Waals surface area contributed by atoms with E-state index in [9.17, 15) is 22.7 Å². The highest BCUT2D eigenvalue weighted by Crippen LogP contribution is 2.65. The number of carbonyl (C=O) groups is 1. The van der Waals surface area contributed by atoms with E-state index in [2.05, 4.69) is 10.3 Å². The number of nitrogens with one attached hydrogen (secondary N) is 1. The second kappa shape index (κ2) is 10.4. The minimum absolute atomic E-state index is 0.0143. The first-order valence-corrected chi connectivity index (χ1v) is 15.5. The number of carboxylic acid groups (broad SMARTS) is 1. The van der Waals surface area contributed by atoms with Gasteiger partial charge in [0.25, 0.3) is 0 Å². The van der Waals surface area contributed by atoms with E-state index in [1.807, 2.05) is 44.2 Å². The molecule has 2 aromatic rings. The van der Waals surface area contributed by atoms with Gasteiger partial charge in [-0.1, -0.05) is 13.0 Å². The van der Waals surface area contributed by atoms with E-state index in [4.69, 9.17) is 4.74 Å². The summed E-state index contributed by atoms with van der Waals surface area (Å²) in [5.41, 5.74) is 5.12. The van der Waals surface area contributed by atoms with Gasteiger partial charge in [-0.3, -0.25) is 4.79 Å². The average Bonchev–Trinajstić information content (AvgIpc) is 3.63. The first-order chi connectivity index (χ1) is 18.5. The largest absolute Gasteiger partial charge is 0.489 e. The minimum atomic E-state index is -2.99. The maximum Gasteiger partial charge on any atom is 0.310 e. The van der Waals surface area contributed by atoms with Crippen molar-refractivity contribution in [1.29, 1.82) is 0 Å². The lowest BCUT2D eigenvalue weighted by atomic mass is 9.83. The van der Waals surface area contributed by atoms with Gasteiger partial charge in [0, 0.05) is 36.9 Å². The first kappa shape index (κ1) is 27.4. The van der Waals surface area contributed by atoms with E-state index in [1.54, 1.807) is 6.20 Å². The van der Waals surface area contributed by atoms with E-state index in [0.29, 0.717) is 55.8 Å². The van der Waals surface area contributed by atoms with Crippen molar-refractivity contribution in [2.75, 3.05) is 30.5 Å². The summed E-state index contributed by atoms with van der Waals surface area (Å²) in [6.45, 7) is 4.61. The third-order valence-corrected chi connectivity index (χ3v) is 9.37. The van der Waals surface area contributed by atoms with Crippen LogP contribution in [0.15, 0.2) is 47.9 Å². The molecule has 2 N–H and O–H groups in total. The Hall–Kier alpha value is -3.20. The highest BCUT2D eigenvalue weighted by Gasteiger charge is 2.62. The maximum absolute atomic E-state index is 15.0. The van der Waals surface area contributed by atoms with Crippen LogP contribution in [-0.4, -0.2) is 49.6 Å². The number of benzene rings is 1. The van der Waals surface area contributed by atoms with Gasteiger partial charge in [-0.25, -0.2) is 17.8 Å². The number of nitrogens with zero attached hydrogens (tertiary/aromatic N) is 1. The topological polar surface area (TPSA) is 106 Å². The number of aromatic nitrogens is 1. The Morgan fingerprint density at radius 1 is 1.31 bits per heavy atom. The summed E-state index contributed by atoms with van der Waals surface area (Å²) in [6.07, 6.45) is 7.75. The molecule has 1 aromatic carbocycles. The number of allylic oxidation sites excluding steroid dienone is 2. The van der Waals surface area contributed by atoms with Gasteiger partial charge in [0.1, 0.15) is 33.8 Å². The molecule has 39 heavy (non-hydrogen) atoms. The number of anilines is 1. The Labute approximate surface area is 229 Å². The molecule has 3 atom stereocenters. The van der Waals surface area contributed by atoms with Gasteiger partial charge >= 0.3 is 5.97 Å². The van der Waals surface area contributed by atoms with E-state index in [1.165, 1.54) is 6.26 Å². The van der Waals surface area contributed by atoms with Crippen molar-refractivity contribution in [2.45, 2.75) is 51.9 Å². The molecule has 0 aliphatic heterocycles. The molecule has 208 valence electrons. The van der Waals surface area contributed by atoms with Gasteiger partial charge in [-0.15, -0.1) is 0 Å². The van der Waals surface area contributed by atoms with Crippen LogP contribution in [0.3, 0.4) is 0 Å². The molecule has 0 bridgehead atoms. The third-order valence-electron chi connectivity index (χ3n) is 8.34. The maximum atomic E-state index is 15.0. The molecule has 0 saturated heterocycles. The molecule has 1 saturated carbocycles. The number of halogens is 1. The van der Waals surface area contributed by atoms with Crippen molar-refractivity contribution >= 4 is 27.2 Å². The predicted molar refractivity (Wildman–Crippen MR) is 149 cm³/mol. The lowest BCUT2D eigenvalue weighted by molar-refractivity contribution is -0.144. The molecule has 2 unspecified atom stereocenters. The van der Waals surface area contributed by atoms with Gasteiger partial charge < -0.3 is 15.2 Å². The Morgan fingerprint density at radius 3 is 2.82 bits per heavy atom. The second-order valence-electron chi connectivity index (χ2n) is 11.3. The smallest absolute Gasteiger partial charge is 0.310 e. The summed E-state index contributed by atoms with van der Waals surface area (Å²) in [7, 11) is -2.99. The molecule has 9 heteroatoms. The minimum Gasteiger partial charge on any atom is -0.489 e. The number of hydrogen-bond acceptors (Lipinski definition) is 6. The fraction of sp³-hybridized carbons (Fsp3) is 0.467. The van der Waals surface area contributed by atoms with Crippen LogP contribution in [0.1, 0.15) is 60.8 Å². The molecule has 7 nitrogen and oxygen atoms in total. The fourth-order valence-electron chi connectivity index (χ4n) is 5.97. The van der Waals surface area contributed by atoms with E-state index in [0.717, 1.165) is 27.8 Å². The van der Waals surface area contributed by atoms with E-state index < -0.39 is 21.2 Å². The number of ether oxygens (including phenoxy) is 1. The molecule has 5 rings (SSSR count). The second-order valence-corrected chi connectivity index (χ2v) is 13.6. The zero-order valence-corrected chi connectivity index (χ0v) is 23.4. The van der Waals surface area contributed by atoms with Crippen molar-refractivity contribution in [3.8, 4) is 5.75 Å². The van der Waals surface area contributed by atoms with Gasteiger partial charge in [-0.05, 0) is 90.6 Å². The number of pyridine rings is 1. The van der Waals surface area contributed by atoms with Crippen molar-refractivity contribution in [1.82, 2.24) is 4.98 Å². The van der Waals surface area contributed by atoms with Crippen molar-refractivity contribution in [3.05, 3.63) is 70.2 Å². The number of aryl methyl sites for hydroxylation is 2. The zero-order valence-electron chi connectivity index (χ0n) is 22.6. The highest BCUT2D eigenvalue weighted by atomic mass is 32.2. The molecule has 1 fully saturated rings. The monoisotopic (exact) mass is 554 g/mol. The van der Waals surface area contributed by atoms with Crippen molar-refractivity contribution < 1.29 is 27.4 Å². The number of fused-ring (bicyclic) bond motifs is 3. The van der Waals surface area contributed by atoms with Gasteiger partial charge in [0.2, 0.25) is 0 Å². The Balaban J connectivity index is 1.25. The van der Waals surface area contributed by atoms with Crippen LogP contribution in [0, 0.1) is 18.3 Å². The molecule has 1 aromatic heterocycles. The Kier molecular flexibility index (Phi) is 7.31. The molecule has 3 aliphatic carbocycles. The molecule has 0 amide bonds. The van der Waals surface area contributed by atoms with Crippen LogP contribution < -0.4 is 10.1 Å². The van der Waals surface area contributed by atoms with Crippen LogP contribution in [0.25, 0.3) is 5.57 Å². The van der Waals surface area contributed by atoms with Gasteiger partial charge in [0.15, 0.2) is 0 Å². The molecular formula is C30H35FN2O5S. The summed E-state index contributed by atoms with van der Waals surface area (Å²) in [5, 5.41) is 12.8. The number of aliphatic carboxylic acids is 1. The summed E-state index contributed by atoms with van der Waals surface area (Å²) in [5.74, 6) is 0.665. The molecule has 1 heterocycles. The van der Waals surface area contributed by atoms with Crippen LogP contribution in [-0.2, 0) is 21.1 Å². The number of hydrogen-bond donors (Lipinski definition) is 2. The third kappa shape index (κ3) is 5.73. The zero-order chi connectivity index (χ0) is 27.9. The Morgan fingerprint density at radius 2 is 2.10 bits per heavy atom. The molecule has 0 radical (unpaired) electrons. The predicted octanol–water partition coefficient (Wildman–Crippen LogP) is 5.47. The van der Waals surface area contributed by atoms with Crippen LogP contribution in [0.4, 0.5) is 10.2 Å². The molecule has 3 aliphatic rings. The standard InChI is InChI=1S/C30H35FN2O5S/c1-18-11-27(31)21(14-24(18)25-16-33-28(12-19(25)2)32-9-4-10-39(3,36)37)17-38-22-5-6-23-20(13-22)7-8-30(29(34)35)15-26(23)30/h5-6,12-14,16,18,26H,4,7-11,15,17H2,1-3H3,(H,32,33)(H,34,35)/t18?,26-,30?/m1/s1. The van der Waals surface area contributed by atoms with Crippen LogP contribution in [0.2, 0.25) is 0 Å². The Bertz CT molecular complexity index is 1480. The summed E-state index contributed by atoms with van der Waals surface area (Å²) >= 11 is 0. The van der Waals surface area contributed by atoms with Gasteiger partial charge in [0.05, 0.1) is 11.2 Å². The average molecular weight is 555 g/mol. The molecular weight excluding hydrogens is 519 g/mol. The SMILES string of the molecule is Cc1cc(NCCCS(C)(=O)=O)ncc1C1=CC(COc2ccc3c(c2)CCC2(C(=O)O)C[C@H]32)=C(F)CC1C. The van der Waals surface area contributed by atoms with Crippen LogP contribution in [0.5, 0.6) is 5.75 Å². The van der Waals surface area contributed by atoms with E-state index >= 15 is 0 Å². The number of sulfone groups is 1. The van der Waals surface area contributed by atoms with E-state index in [-0.39, 0.29) is 30.0 Å². The van der Waals surface area contributed by atoms with Gasteiger partial charge in [-0.2, -0.15) is 0 Å². The number of carboxylic acids is 1. The summed E-state index contributed by atoms with van der Waals surface area (Å²) in [4.78, 5) is 16.2. The quantitative estimate of drug-likeness (QED) is 0.375. The summed E-state index contributed by atoms with van der Waals surface area (Å²) in [6, 6.07) is 7.74. The van der Waals surface area contributed by atoms with Crippen molar-refractivity contribution in [3.63, 3.8) is 0 Å². The lowest BCUT2D eigenvalue weighted by Gasteiger charge is -2.24. The first-order valence-electron chi connectivity index (χ1n) is 13.4. The van der Waals surface area contributed by atoms with Crippen molar-refractivity contribution in [2.24, 2.45) is 11.3 Å². The van der Waals surface area contributed by atoms with Crippen LogP contribution >= 0.6 is 0 Å². The fourth-order valence-corrected chi connectivity index (χ4v) is 6.64. The highest BCUT2D eigenvalue weighted by molar-refractivity contribution is 7.90. The molecule has 0 spiro atoms. The lowest BCUT2D eigenvalue weighted by Crippen LogP contribution is -2.21. The normalized spacial score (nSPS) is 23.9. The number of rotatable bonds is 10.